The van der Waals surface area contributed by atoms with Crippen LogP contribution in [0, 0.1) is 17.8 Å². The first-order valence-electron chi connectivity index (χ1n) is 12.1. The number of imide groups is 2. The molecule has 0 aromatic heterocycles. The number of aromatic hydroxyl groups is 1. The fourth-order valence-electron chi connectivity index (χ4n) is 6.73. The molecule has 1 aromatic rings. The van der Waals surface area contributed by atoms with Crippen LogP contribution < -0.4 is 4.74 Å². The summed E-state index contributed by atoms with van der Waals surface area (Å²) in [7, 11) is 1.39. The molecule has 0 radical (unpaired) electrons. The SMILES string of the molecule is COc1cc(Br)cc([C@H]2C3=CC[C@@H]4C(=O)N(C(C)(C)C)C(=O)[C@@H]4[C@@H]3C[C@@]3(Cl)C(=O)N(CBr)C(=O)[C@@]23Cl)c1O. The van der Waals surface area contributed by atoms with E-state index in [1.807, 2.05) is 6.08 Å². The molecule has 0 spiro atoms. The number of allylic oxidation sites excluding steroid dienone is 2. The van der Waals surface area contributed by atoms with Crippen LogP contribution in [0.25, 0.3) is 0 Å². The van der Waals surface area contributed by atoms with E-state index >= 15 is 0 Å². The first-order valence-corrected chi connectivity index (χ1v) is 14.8. The summed E-state index contributed by atoms with van der Waals surface area (Å²) >= 11 is 21.0. The number of alkyl halides is 3. The van der Waals surface area contributed by atoms with E-state index in [4.69, 9.17) is 27.9 Å². The quantitative estimate of drug-likeness (QED) is 0.214. The first-order chi connectivity index (χ1) is 17.6. The Balaban J connectivity index is 1.77. The number of benzene rings is 1. The van der Waals surface area contributed by atoms with E-state index in [9.17, 15) is 24.3 Å². The van der Waals surface area contributed by atoms with Crippen LogP contribution in [0.2, 0.25) is 0 Å². The molecular formula is C26H26Br2Cl2N2O6. The Morgan fingerprint density at radius 2 is 1.76 bits per heavy atom. The van der Waals surface area contributed by atoms with Crippen LogP contribution in [0.5, 0.6) is 11.5 Å². The van der Waals surface area contributed by atoms with Gasteiger partial charge in [-0.15, -0.1) is 23.2 Å². The van der Waals surface area contributed by atoms with Crippen LogP contribution in [0.15, 0.2) is 28.3 Å². The number of nitrogens with zero attached hydrogens (tertiary/aromatic N) is 2. The van der Waals surface area contributed by atoms with Crippen LogP contribution in [-0.4, -0.2) is 66.4 Å². The Bertz CT molecular complexity index is 1330. The molecule has 8 nitrogen and oxygen atoms in total. The third-order valence-electron chi connectivity index (χ3n) is 8.29. The molecule has 0 bridgehead atoms. The minimum atomic E-state index is -2.01. The highest BCUT2D eigenvalue weighted by Crippen LogP contribution is 2.66. The van der Waals surface area contributed by atoms with Crippen LogP contribution in [0.4, 0.5) is 0 Å². The minimum absolute atomic E-state index is 0.113. The molecule has 3 fully saturated rings. The molecule has 4 aliphatic rings. The highest BCUT2D eigenvalue weighted by molar-refractivity contribution is 9.10. The lowest BCUT2D eigenvalue weighted by molar-refractivity contribution is -0.146. The van der Waals surface area contributed by atoms with Gasteiger partial charge in [-0.2, -0.15) is 0 Å². The number of rotatable bonds is 3. The topological polar surface area (TPSA) is 104 Å². The fourth-order valence-corrected chi connectivity index (χ4v) is 8.60. The molecule has 204 valence electrons. The Morgan fingerprint density at radius 3 is 2.34 bits per heavy atom. The molecule has 4 amide bonds. The van der Waals surface area contributed by atoms with E-state index in [1.54, 1.807) is 32.9 Å². The zero-order chi connectivity index (χ0) is 28.1. The predicted molar refractivity (Wildman–Crippen MR) is 147 cm³/mol. The van der Waals surface area contributed by atoms with E-state index in [-0.39, 0.29) is 47.2 Å². The number of carbonyl (C=O) groups excluding carboxylic acids is 4. The van der Waals surface area contributed by atoms with Crippen molar-refractivity contribution < 1.29 is 29.0 Å². The summed E-state index contributed by atoms with van der Waals surface area (Å²) in [5, 5.41) is 11.3. The molecule has 0 unspecified atom stereocenters. The number of methoxy groups -OCH3 is 1. The Hall–Kier alpha value is -1.62. The number of fused-ring (bicyclic) bond motifs is 4. The van der Waals surface area contributed by atoms with Crippen molar-refractivity contribution >= 4 is 78.7 Å². The number of halogens is 4. The molecule has 38 heavy (non-hydrogen) atoms. The van der Waals surface area contributed by atoms with Gasteiger partial charge in [-0.25, -0.2) is 0 Å². The van der Waals surface area contributed by atoms with Crippen molar-refractivity contribution in [2.45, 2.75) is 54.8 Å². The van der Waals surface area contributed by atoms with Crippen molar-refractivity contribution in [3.8, 4) is 11.5 Å². The van der Waals surface area contributed by atoms with Crippen molar-refractivity contribution in [3.05, 3.63) is 33.8 Å². The van der Waals surface area contributed by atoms with Gasteiger partial charge in [-0.05, 0) is 51.7 Å². The maximum atomic E-state index is 13.8. The van der Waals surface area contributed by atoms with Gasteiger partial charge in [0.15, 0.2) is 21.2 Å². The Kier molecular flexibility index (Phi) is 6.57. The molecule has 5 rings (SSSR count). The lowest BCUT2D eigenvalue weighted by Crippen LogP contribution is -2.60. The zero-order valence-corrected chi connectivity index (χ0v) is 25.7. The summed E-state index contributed by atoms with van der Waals surface area (Å²) in [5.41, 5.74) is -0.0367. The van der Waals surface area contributed by atoms with Crippen LogP contribution in [0.1, 0.15) is 45.1 Å². The molecule has 2 heterocycles. The maximum Gasteiger partial charge on any atom is 0.254 e. The molecule has 6 atom stereocenters. The summed E-state index contributed by atoms with van der Waals surface area (Å²) in [6.45, 7) is 5.39. The predicted octanol–water partition coefficient (Wildman–Crippen LogP) is 4.67. The van der Waals surface area contributed by atoms with Gasteiger partial charge in [-0.1, -0.05) is 43.5 Å². The molecule has 2 aliphatic heterocycles. The summed E-state index contributed by atoms with van der Waals surface area (Å²) in [6.07, 6.45) is 1.97. The minimum Gasteiger partial charge on any atom is -0.504 e. The average molecular weight is 693 g/mol. The zero-order valence-electron chi connectivity index (χ0n) is 21.1. The van der Waals surface area contributed by atoms with Crippen molar-refractivity contribution in [2.24, 2.45) is 17.8 Å². The second-order valence-electron chi connectivity index (χ2n) is 11.2. The molecule has 2 aliphatic carbocycles. The van der Waals surface area contributed by atoms with Crippen molar-refractivity contribution in [2.75, 3.05) is 12.6 Å². The van der Waals surface area contributed by atoms with E-state index in [1.165, 1.54) is 12.0 Å². The van der Waals surface area contributed by atoms with Gasteiger partial charge in [0.05, 0.1) is 24.4 Å². The highest BCUT2D eigenvalue weighted by atomic mass is 79.9. The number of phenols is 1. The van der Waals surface area contributed by atoms with Gasteiger partial charge in [0.2, 0.25) is 11.8 Å². The van der Waals surface area contributed by atoms with Crippen molar-refractivity contribution in [1.29, 1.82) is 0 Å². The lowest BCUT2D eigenvalue weighted by Gasteiger charge is -2.50. The number of ether oxygens (including phenoxy) is 1. The standard InChI is InChI=1S/C26H26Br2Cl2N2O6/c1-24(2,3)32-20(34)13-6-5-12-15(17(13)21(32)35)9-25(29)22(36)31(10-27)23(37)26(25,30)18(12)14-7-11(28)8-16(38-4)19(14)33/h5,7-8,13,15,17-18,33H,6,9-10H2,1-4H3/t13-,15+,17-,18+,25+,26-/m0/s1. The molecule has 1 aromatic carbocycles. The van der Waals surface area contributed by atoms with E-state index in [2.05, 4.69) is 31.9 Å². The van der Waals surface area contributed by atoms with Crippen LogP contribution in [0.3, 0.4) is 0 Å². The highest BCUT2D eigenvalue weighted by Gasteiger charge is 2.76. The van der Waals surface area contributed by atoms with Gasteiger partial charge in [0, 0.05) is 21.5 Å². The summed E-state index contributed by atoms with van der Waals surface area (Å²) in [4.78, 5) is 53.0. The third-order valence-corrected chi connectivity index (χ3v) is 10.7. The smallest absolute Gasteiger partial charge is 0.254 e. The van der Waals surface area contributed by atoms with E-state index in [0.717, 1.165) is 4.90 Å². The first kappa shape index (κ1) is 27.9. The second-order valence-corrected chi connectivity index (χ2v) is 13.9. The lowest BCUT2D eigenvalue weighted by atomic mass is 9.56. The molecule has 12 heteroatoms. The second kappa shape index (κ2) is 8.94. The maximum absolute atomic E-state index is 13.8. The fraction of sp³-hybridized carbons (Fsp3) is 0.538. The summed E-state index contributed by atoms with van der Waals surface area (Å²) in [5.74, 6) is -5.27. The third kappa shape index (κ3) is 3.45. The normalized spacial score (nSPS) is 34.8. The molecule has 2 saturated heterocycles. The number of likely N-dealkylation sites (tertiary alicyclic amines) is 2. The average Bonchev–Trinajstić information content (AvgIpc) is 3.18. The number of hydrogen-bond acceptors (Lipinski definition) is 6. The van der Waals surface area contributed by atoms with E-state index < -0.39 is 50.8 Å². The molecule has 1 N–H and O–H groups in total. The van der Waals surface area contributed by atoms with Gasteiger partial charge in [-0.3, -0.25) is 29.0 Å². The number of phenolic OH excluding ortho intramolecular Hbond substituents is 1. The Morgan fingerprint density at radius 1 is 1.11 bits per heavy atom. The van der Waals surface area contributed by atoms with Crippen LogP contribution >= 0.6 is 55.1 Å². The van der Waals surface area contributed by atoms with Crippen molar-refractivity contribution in [3.63, 3.8) is 0 Å². The Labute approximate surface area is 246 Å². The van der Waals surface area contributed by atoms with Gasteiger partial charge in [0.1, 0.15) is 0 Å². The molecular weight excluding hydrogens is 667 g/mol. The van der Waals surface area contributed by atoms with Gasteiger partial charge < -0.3 is 9.84 Å². The van der Waals surface area contributed by atoms with E-state index in [0.29, 0.717) is 10.0 Å². The van der Waals surface area contributed by atoms with Crippen LogP contribution in [-0.2, 0) is 19.2 Å². The number of hydrogen-bond donors (Lipinski definition) is 1. The number of carbonyl (C=O) groups is 4. The number of amides is 4. The summed E-state index contributed by atoms with van der Waals surface area (Å²) < 4.78 is 5.90. The van der Waals surface area contributed by atoms with Gasteiger partial charge in [0.25, 0.3) is 11.8 Å². The van der Waals surface area contributed by atoms with Gasteiger partial charge >= 0.3 is 0 Å². The monoisotopic (exact) mass is 690 g/mol. The van der Waals surface area contributed by atoms with Crippen molar-refractivity contribution in [1.82, 2.24) is 9.80 Å². The summed E-state index contributed by atoms with van der Waals surface area (Å²) in [6, 6.07) is 3.17. The molecule has 1 saturated carbocycles. The largest absolute Gasteiger partial charge is 0.504 e.